The molecule has 2 amide bonds. The van der Waals surface area contributed by atoms with Gasteiger partial charge in [-0.15, -0.1) is 0 Å². The second-order valence-electron chi connectivity index (χ2n) is 6.86. The van der Waals surface area contributed by atoms with Gasteiger partial charge in [0.05, 0.1) is 7.11 Å². The van der Waals surface area contributed by atoms with Crippen LogP contribution in [0.3, 0.4) is 0 Å². The molecule has 0 atom stereocenters. The van der Waals surface area contributed by atoms with E-state index in [1.54, 1.807) is 27.0 Å². The highest BCUT2D eigenvalue weighted by Crippen LogP contribution is 2.26. The molecule has 0 fully saturated rings. The number of ether oxygens (including phenoxy) is 1. The quantitative estimate of drug-likeness (QED) is 0.494. The Balaban J connectivity index is 2.21. The molecule has 11 heteroatoms. The fourth-order valence-corrected chi connectivity index (χ4v) is 4.20. The van der Waals surface area contributed by atoms with Crippen LogP contribution in [0.2, 0.25) is 0 Å². The van der Waals surface area contributed by atoms with Crippen LogP contribution in [0, 0.1) is 0 Å². The van der Waals surface area contributed by atoms with Gasteiger partial charge in [-0.2, -0.15) is 0 Å². The van der Waals surface area contributed by atoms with Gasteiger partial charge in [-0.1, -0.05) is 0 Å². The van der Waals surface area contributed by atoms with Gasteiger partial charge in [0, 0.05) is 21.8 Å². The first-order chi connectivity index (χ1) is 12.9. The van der Waals surface area contributed by atoms with E-state index < -0.39 is 27.4 Å². The summed E-state index contributed by atoms with van der Waals surface area (Å²) in [7, 11) is -2.61. The Morgan fingerprint density at radius 2 is 1.75 bits per heavy atom. The molecule has 0 radical (unpaired) electrons. The Morgan fingerprint density at radius 3 is 2.29 bits per heavy atom. The zero-order chi connectivity index (χ0) is 21.1. The number of halogens is 1. The number of sulfonamides is 1. The molecule has 2 aromatic rings. The van der Waals surface area contributed by atoms with Crippen LogP contribution in [-0.4, -0.2) is 37.9 Å². The number of hydrazine groups is 1. The Labute approximate surface area is 171 Å². The molecule has 28 heavy (non-hydrogen) atoms. The SMILES string of the molecule is COc1ccc(C(=O)NNC(=O)c2cc(Br)c[nH]2)cc1S(=O)(=O)NC(C)(C)C. The van der Waals surface area contributed by atoms with Crippen LogP contribution in [0.5, 0.6) is 5.75 Å². The summed E-state index contributed by atoms with van der Waals surface area (Å²) in [6.07, 6.45) is 1.57. The molecule has 1 aromatic heterocycles. The second kappa shape index (κ2) is 8.33. The largest absolute Gasteiger partial charge is 0.495 e. The number of H-pyrrole nitrogens is 1. The number of benzene rings is 1. The van der Waals surface area contributed by atoms with Crippen LogP contribution < -0.4 is 20.3 Å². The number of carbonyl (C=O) groups excluding carboxylic acids is 2. The van der Waals surface area contributed by atoms with Crippen LogP contribution in [0.4, 0.5) is 0 Å². The van der Waals surface area contributed by atoms with E-state index in [1.165, 1.54) is 31.4 Å². The third-order valence-electron chi connectivity index (χ3n) is 3.34. The maximum Gasteiger partial charge on any atom is 0.286 e. The summed E-state index contributed by atoms with van der Waals surface area (Å²) in [4.78, 5) is 26.9. The molecular weight excluding hydrogens is 452 g/mol. The Bertz CT molecular complexity index is 995. The number of methoxy groups -OCH3 is 1. The fourth-order valence-electron chi connectivity index (χ4n) is 2.24. The van der Waals surface area contributed by atoms with Crippen LogP contribution in [-0.2, 0) is 10.0 Å². The number of aromatic amines is 1. The number of carbonyl (C=O) groups is 2. The van der Waals surface area contributed by atoms with Gasteiger partial charge in [0.2, 0.25) is 10.0 Å². The van der Waals surface area contributed by atoms with Crippen molar-refractivity contribution in [2.24, 2.45) is 0 Å². The van der Waals surface area contributed by atoms with Crippen LogP contribution in [0.1, 0.15) is 41.6 Å². The predicted octanol–water partition coefficient (Wildman–Crippen LogP) is 1.94. The van der Waals surface area contributed by atoms with E-state index in [2.05, 4.69) is 36.5 Å². The number of rotatable bonds is 5. The van der Waals surface area contributed by atoms with E-state index in [9.17, 15) is 18.0 Å². The monoisotopic (exact) mass is 472 g/mol. The van der Waals surface area contributed by atoms with E-state index in [0.29, 0.717) is 4.47 Å². The fraction of sp³-hybridized carbons (Fsp3) is 0.294. The van der Waals surface area contributed by atoms with Crippen LogP contribution in [0.15, 0.2) is 39.8 Å². The van der Waals surface area contributed by atoms with Gasteiger partial charge in [-0.3, -0.25) is 20.4 Å². The molecule has 0 unspecified atom stereocenters. The average Bonchev–Trinajstić information content (AvgIpc) is 3.03. The minimum Gasteiger partial charge on any atom is -0.495 e. The van der Waals surface area contributed by atoms with Crippen molar-refractivity contribution in [3.05, 3.63) is 46.2 Å². The standard InChI is InChI=1S/C17H21BrN4O5S/c1-17(2,3)22-28(25,26)14-7-10(5-6-13(14)27-4)15(23)20-21-16(24)12-8-11(18)9-19-12/h5-9,19,22H,1-4H3,(H,20,23)(H,21,24). The Hall–Kier alpha value is -2.37. The molecule has 152 valence electrons. The third kappa shape index (κ3) is 5.57. The molecule has 0 bridgehead atoms. The van der Waals surface area contributed by atoms with Gasteiger partial charge >= 0.3 is 0 Å². The molecule has 9 nitrogen and oxygen atoms in total. The zero-order valence-electron chi connectivity index (χ0n) is 15.7. The number of hydrogen-bond acceptors (Lipinski definition) is 5. The molecule has 0 aliphatic carbocycles. The minimum atomic E-state index is -3.94. The van der Waals surface area contributed by atoms with E-state index in [1.807, 2.05) is 0 Å². The van der Waals surface area contributed by atoms with Gasteiger partial charge in [0.1, 0.15) is 16.3 Å². The predicted molar refractivity (Wildman–Crippen MR) is 106 cm³/mol. The highest BCUT2D eigenvalue weighted by atomic mass is 79.9. The summed E-state index contributed by atoms with van der Waals surface area (Å²) in [5.41, 5.74) is 4.03. The normalized spacial score (nSPS) is 11.8. The van der Waals surface area contributed by atoms with Crippen molar-refractivity contribution in [2.75, 3.05) is 7.11 Å². The van der Waals surface area contributed by atoms with Gasteiger partial charge in [-0.05, 0) is 61.0 Å². The molecule has 0 aliphatic heterocycles. The van der Waals surface area contributed by atoms with Gasteiger partial charge in [0.25, 0.3) is 11.8 Å². The first-order valence-corrected chi connectivity index (χ1v) is 10.4. The molecule has 4 N–H and O–H groups in total. The lowest BCUT2D eigenvalue weighted by Crippen LogP contribution is -2.42. The van der Waals surface area contributed by atoms with Crippen molar-refractivity contribution >= 4 is 37.8 Å². The van der Waals surface area contributed by atoms with E-state index in [-0.39, 0.29) is 21.9 Å². The number of hydrogen-bond donors (Lipinski definition) is 4. The highest BCUT2D eigenvalue weighted by Gasteiger charge is 2.26. The van der Waals surface area contributed by atoms with Gasteiger partial charge < -0.3 is 9.72 Å². The summed E-state index contributed by atoms with van der Waals surface area (Å²) in [6, 6.07) is 5.48. The number of amides is 2. The van der Waals surface area contributed by atoms with Crippen molar-refractivity contribution in [3.63, 3.8) is 0 Å². The smallest absolute Gasteiger partial charge is 0.286 e. The maximum atomic E-state index is 12.7. The average molecular weight is 473 g/mol. The van der Waals surface area contributed by atoms with Crippen molar-refractivity contribution in [2.45, 2.75) is 31.2 Å². The zero-order valence-corrected chi connectivity index (χ0v) is 18.1. The summed E-state index contributed by atoms with van der Waals surface area (Å²) < 4.78 is 33.6. The Kier molecular flexibility index (Phi) is 6.52. The molecule has 0 aliphatic rings. The summed E-state index contributed by atoms with van der Waals surface area (Å²) >= 11 is 3.20. The van der Waals surface area contributed by atoms with E-state index in [0.717, 1.165) is 0 Å². The molecule has 0 saturated carbocycles. The first kappa shape index (κ1) is 21.9. The lowest BCUT2D eigenvalue weighted by molar-refractivity contribution is 0.0844. The number of aromatic nitrogens is 1. The molecule has 0 spiro atoms. The van der Waals surface area contributed by atoms with Gasteiger partial charge in [-0.25, -0.2) is 13.1 Å². The topological polar surface area (TPSA) is 129 Å². The van der Waals surface area contributed by atoms with Gasteiger partial charge in [0.15, 0.2) is 0 Å². The molecule has 0 saturated heterocycles. The minimum absolute atomic E-state index is 0.0306. The van der Waals surface area contributed by atoms with E-state index >= 15 is 0 Å². The molecular formula is C17H21BrN4O5S. The van der Waals surface area contributed by atoms with Crippen LogP contribution in [0.25, 0.3) is 0 Å². The maximum absolute atomic E-state index is 12.7. The summed E-state index contributed by atoms with van der Waals surface area (Å²) in [5, 5.41) is 0. The third-order valence-corrected chi connectivity index (χ3v) is 5.57. The molecule has 1 heterocycles. The summed E-state index contributed by atoms with van der Waals surface area (Å²) in [6.45, 7) is 5.09. The lowest BCUT2D eigenvalue weighted by atomic mass is 10.1. The van der Waals surface area contributed by atoms with E-state index in [4.69, 9.17) is 4.74 Å². The summed E-state index contributed by atoms with van der Waals surface area (Å²) in [5.74, 6) is -1.16. The molecule has 2 rings (SSSR count). The first-order valence-electron chi connectivity index (χ1n) is 8.09. The molecule has 1 aromatic carbocycles. The second-order valence-corrected chi connectivity index (χ2v) is 9.43. The van der Waals surface area contributed by atoms with Crippen molar-refractivity contribution in [1.29, 1.82) is 0 Å². The lowest BCUT2D eigenvalue weighted by Gasteiger charge is -2.21. The van der Waals surface area contributed by atoms with Crippen molar-refractivity contribution in [3.8, 4) is 5.75 Å². The highest BCUT2D eigenvalue weighted by molar-refractivity contribution is 9.10. The van der Waals surface area contributed by atoms with Crippen molar-refractivity contribution < 1.29 is 22.7 Å². The van der Waals surface area contributed by atoms with Crippen molar-refractivity contribution in [1.82, 2.24) is 20.6 Å². The number of nitrogens with one attached hydrogen (secondary N) is 4. The van der Waals surface area contributed by atoms with Crippen LogP contribution >= 0.6 is 15.9 Å². The Morgan fingerprint density at radius 1 is 1.11 bits per heavy atom.